The molecule has 0 radical (unpaired) electrons. The van der Waals surface area contributed by atoms with E-state index in [2.05, 4.69) is 10.6 Å². The molecule has 0 saturated carbocycles. The first-order chi connectivity index (χ1) is 10.1. The van der Waals surface area contributed by atoms with Crippen LogP contribution in [0.2, 0.25) is 5.02 Å². The molecule has 0 heterocycles. The Kier molecular flexibility index (Phi) is 5.06. The minimum Gasteiger partial charge on any atom is -0.492 e. The summed E-state index contributed by atoms with van der Waals surface area (Å²) in [6, 6.07) is 12.3. The lowest BCUT2D eigenvalue weighted by atomic mass is 10.2. The van der Waals surface area contributed by atoms with Crippen molar-refractivity contribution < 1.29 is 9.53 Å². The van der Waals surface area contributed by atoms with Gasteiger partial charge in [0, 0.05) is 10.7 Å². The van der Waals surface area contributed by atoms with E-state index >= 15 is 0 Å². The van der Waals surface area contributed by atoms with Gasteiger partial charge in [0.25, 0.3) is 0 Å². The van der Waals surface area contributed by atoms with Crippen LogP contribution in [0.1, 0.15) is 12.5 Å². The Morgan fingerprint density at radius 1 is 1.19 bits per heavy atom. The van der Waals surface area contributed by atoms with Crippen molar-refractivity contribution in [1.82, 2.24) is 0 Å². The van der Waals surface area contributed by atoms with Crippen molar-refractivity contribution in [3.8, 4) is 5.75 Å². The van der Waals surface area contributed by atoms with Gasteiger partial charge in [-0.1, -0.05) is 29.8 Å². The number of ether oxygens (including phenoxy) is 1. The van der Waals surface area contributed by atoms with Gasteiger partial charge in [-0.3, -0.25) is 0 Å². The van der Waals surface area contributed by atoms with E-state index in [4.69, 9.17) is 16.3 Å². The summed E-state index contributed by atoms with van der Waals surface area (Å²) >= 11 is 6.03. The molecule has 0 fully saturated rings. The molecule has 21 heavy (non-hydrogen) atoms. The highest BCUT2D eigenvalue weighted by molar-refractivity contribution is 6.31. The first-order valence-electron chi connectivity index (χ1n) is 6.66. The van der Waals surface area contributed by atoms with Gasteiger partial charge in [-0.25, -0.2) is 4.79 Å². The molecule has 0 bridgehead atoms. The van der Waals surface area contributed by atoms with Crippen LogP contribution in [-0.2, 0) is 0 Å². The zero-order valence-corrected chi connectivity index (χ0v) is 12.7. The predicted octanol–water partition coefficient (Wildman–Crippen LogP) is 4.69. The number of carbonyl (C=O) groups excluding carboxylic acids is 1. The summed E-state index contributed by atoms with van der Waals surface area (Å²) < 4.78 is 5.46. The molecular formula is C16H17ClN2O2. The van der Waals surface area contributed by atoms with Gasteiger partial charge in [0.1, 0.15) is 5.75 Å². The Morgan fingerprint density at radius 3 is 2.67 bits per heavy atom. The standard InChI is InChI=1S/C16H17ClN2O2/c1-3-21-15-7-5-4-6-14(15)19-16(20)18-12-9-8-11(2)13(17)10-12/h4-10H,3H2,1-2H3,(H2,18,19,20). The number of hydrogen-bond donors (Lipinski definition) is 2. The largest absolute Gasteiger partial charge is 0.492 e. The van der Waals surface area contributed by atoms with Crippen molar-refractivity contribution in [2.45, 2.75) is 13.8 Å². The molecule has 0 aliphatic rings. The summed E-state index contributed by atoms with van der Waals surface area (Å²) in [4.78, 5) is 12.0. The average molecular weight is 305 g/mol. The third kappa shape index (κ3) is 4.13. The number of carbonyl (C=O) groups is 1. The Morgan fingerprint density at radius 2 is 1.95 bits per heavy atom. The fraction of sp³-hybridized carbons (Fsp3) is 0.188. The summed E-state index contributed by atoms with van der Waals surface area (Å²) in [6.45, 7) is 4.34. The number of amides is 2. The van der Waals surface area contributed by atoms with Gasteiger partial charge in [-0.2, -0.15) is 0 Å². The SMILES string of the molecule is CCOc1ccccc1NC(=O)Nc1ccc(C)c(Cl)c1. The number of benzene rings is 2. The highest BCUT2D eigenvalue weighted by atomic mass is 35.5. The van der Waals surface area contributed by atoms with Crippen LogP contribution < -0.4 is 15.4 Å². The molecule has 0 aliphatic carbocycles. The Balaban J connectivity index is 2.06. The van der Waals surface area contributed by atoms with Crippen molar-refractivity contribution in [1.29, 1.82) is 0 Å². The zero-order chi connectivity index (χ0) is 15.2. The van der Waals surface area contributed by atoms with E-state index in [1.807, 2.05) is 38.1 Å². The molecule has 2 aromatic rings. The van der Waals surface area contributed by atoms with E-state index in [-0.39, 0.29) is 6.03 Å². The van der Waals surface area contributed by atoms with Gasteiger partial charge in [-0.05, 0) is 43.7 Å². The van der Waals surface area contributed by atoms with Crippen LogP contribution in [-0.4, -0.2) is 12.6 Å². The normalized spacial score (nSPS) is 10.0. The van der Waals surface area contributed by atoms with E-state index in [1.54, 1.807) is 18.2 Å². The van der Waals surface area contributed by atoms with Crippen molar-refractivity contribution in [2.75, 3.05) is 17.2 Å². The summed E-state index contributed by atoms with van der Waals surface area (Å²) in [5, 5.41) is 6.11. The molecular weight excluding hydrogens is 288 g/mol. The van der Waals surface area contributed by atoms with Crippen LogP contribution >= 0.6 is 11.6 Å². The summed E-state index contributed by atoms with van der Waals surface area (Å²) in [5.74, 6) is 0.636. The maximum absolute atomic E-state index is 12.0. The van der Waals surface area contributed by atoms with Crippen LogP contribution in [0.25, 0.3) is 0 Å². The number of rotatable bonds is 4. The van der Waals surface area contributed by atoms with Crippen molar-refractivity contribution in [2.24, 2.45) is 0 Å². The summed E-state index contributed by atoms with van der Waals surface area (Å²) in [7, 11) is 0. The van der Waals surface area contributed by atoms with Crippen LogP contribution in [0, 0.1) is 6.92 Å². The quantitative estimate of drug-likeness (QED) is 0.861. The second-order valence-corrected chi connectivity index (χ2v) is 4.88. The molecule has 0 atom stereocenters. The lowest BCUT2D eigenvalue weighted by Crippen LogP contribution is -2.19. The van der Waals surface area contributed by atoms with Crippen LogP contribution in [0.3, 0.4) is 0 Å². The van der Waals surface area contributed by atoms with E-state index in [1.165, 1.54) is 0 Å². The average Bonchev–Trinajstić information content (AvgIpc) is 2.45. The zero-order valence-electron chi connectivity index (χ0n) is 11.9. The fourth-order valence-electron chi connectivity index (χ4n) is 1.81. The number of para-hydroxylation sites is 2. The van der Waals surface area contributed by atoms with E-state index in [0.29, 0.717) is 28.8 Å². The Hall–Kier alpha value is -2.20. The third-order valence-corrected chi connectivity index (χ3v) is 3.27. The van der Waals surface area contributed by atoms with Crippen LogP contribution in [0.5, 0.6) is 5.75 Å². The van der Waals surface area contributed by atoms with Gasteiger partial charge < -0.3 is 15.4 Å². The predicted molar refractivity (Wildman–Crippen MR) is 86.4 cm³/mol. The van der Waals surface area contributed by atoms with Gasteiger partial charge >= 0.3 is 6.03 Å². The molecule has 0 spiro atoms. The molecule has 0 aliphatic heterocycles. The molecule has 2 amide bonds. The number of halogens is 1. The van der Waals surface area contributed by atoms with Crippen LogP contribution in [0.15, 0.2) is 42.5 Å². The Bertz CT molecular complexity index is 644. The highest BCUT2D eigenvalue weighted by Crippen LogP contribution is 2.24. The minimum atomic E-state index is -0.345. The first-order valence-corrected chi connectivity index (χ1v) is 7.04. The molecule has 2 rings (SSSR count). The minimum absolute atomic E-state index is 0.345. The lowest BCUT2D eigenvalue weighted by Gasteiger charge is -2.12. The van der Waals surface area contributed by atoms with Gasteiger partial charge in [0.15, 0.2) is 0 Å². The fourth-order valence-corrected chi connectivity index (χ4v) is 1.99. The first kappa shape index (κ1) is 15.2. The molecule has 2 N–H and O–H groups in total. The molecule has 5 heteroatoms. The maximum Gasteiger partial charge on any atom is 0.323 e. The number of hydrogen-bond acceptors (Lipinski definition) is 2. The summed E-state index contributed by atoms with van der Waals surface area (Å²) in [5.41, 5.74) is 2.22. The smallest absolute Gasteiger partial charge is 0.323 e. The van der Waals surface area contributed by atoms with Gasteiger partial charge in [0.2, 0.25) is 0 Å². The van der Waals surface area contributed by atoms with E-state index < -0.39 is 0 Å². The van der Waals surface area contributed by atoms with Crippen molar-refractivity contribution >= 4 is 29.0 Å². The summed E-state index contributed by atoms with van der Waals surface area (Å²) in [6.07, 6.45) is 0. The molecule has 2 aromatic carbocycles. The Labute approximate surface area is 129 Å². The van der Waals surface area contributed by atoms with Crippen LogP contribution in [0.4, 0.5) is 16.2 Å². The molecule has 0 saturated heterocycles. The monoisotopic (exact) mass is 304 g/mol. The number of anilines is 2. The number of nitrogens with one attached hydrogen (secondary N) is 2. The van der Waals surface area contributed by atoms with E-state index in [9.17, 15) is 4.79 Å². The number of aryl methyl sites for hydroxylation is 1. The molecule has 0 unspecified atom stereocenters. The second kappa shape index (κ2) is 6.99. The molecule has 110 valence electrons. The molecule has 0 aromatic heterocycles. The van der Waals surface area contributed by atoms with Crippen molar-refractivity contribution in [3.63, 3.8) is 0 Å². The molecule has 4 nitrogen and oxygen atoms in total. The van der Waals surface area contributed by atoms with E-state index in [0.717, 1.165) is 5.56 Å². The van der Waals surface area contributed by atoms with Gasteiger partial charge in [0.05, 0.1) is 12.3 Å². The lowest BCUT2D eigenvalue weighted by molar-refractivity contribution is 0.262. The third-order valence-electron chi connectivity index (χ3n) is 2.86. The highest BCUT2D eigenvalue weighted by Gasteiger charge is 2.08. The second-order valence-electron chi connectivity index (χ2n) is 4.47. The topological polar surface area (TPSA) is 50.4 Å². The maximum atomic E-state index is 12.0. The van der Waals surface area contributed by atoms with Crippen molar-refractivity contribution in [3.05, 3.63) is 53.1 Å². The number of urea groups is 1. The van der Waals surface area contributed by atoms with Gasteiger partial charge in [-0.15, -0.1) is 0 Å².